The van der Waals surface area contributed by atoms with Gasteiger partial charge in [0.25, 0.3) is 0 Å². The van der Waals surface area contributed by atoms with Crippen LogP contribution >= 0.6 is 11.6 Å². The first-order chi connectivity index (χ1) is 10.8. The summed E-state index contributed by atoms with van der Waals surface area (Å²) in [5.74, 6) is 1.40. The van der Waals surface area contributed by atoms with E-state index in [0.717, 1.165) is 53.8 Å². The van der Waals surface area contributed by atoms with Gasteiger partial charge in [0.05, 0.1) is 13.2 Å². The van der Waals surface area contributed by atoms with Crippen LogP contribution in [-0.4, -0.2) is 27.7 Å². The standard InChI is InChI=1S/C17H16ClN3O/c18-14-4-1-3-12(9-14)10-21-16(13-6-8-22-11-13)20-15-5-2-7-19-17(15)21/h1-5,7,9,13H,6,8,10-11H2. The van der Waals surface area contributed by atoms with Crippen molar-refractivity contribution in [2.24, 2.45) is 0 Å². The van der Waals surface area contributed by atoms with Gasteiger partial charge in [-0.3, -0.25) is 0 Å². The minimum absolute atomic E-state index is 0.341. The second-order valence-electron chi connectivity index (χ2n) is 5.59. The van der Waals surface area contributed by atoms with Crippen molar-refractivity contribution in [3.63, 3.8) is 0 Å². The Morgan fingerprint density at radius 2 is 2.23 bits per heavy atom. The molecule has 1 aromatic carbocycles. The summed E-state index contributed by atoms with van der Waals surface area (Å²) in [4.78, 5) is 9.32. The maximum Gasteiger partial charge on any atom is 0.160 e. The van der Waals surface area contributed by atoms with E-state index in [1.54, 1.807) is 0 Å². The van der Waals surface area contributed by atoms with Crippen LogP contribution in [0.15, 0.2) is 42.6 Å². The Balaban J connectivity index is 1.81. The summed E-state index contributed by atoms with van der Waals surface area (Å²) >= 11 is 6.11. The van der Waals surface area contributed by atoms with Crippen molar-refractivity contribution in [2.45, 2.75) is 18.9 Å². The van der Waals surface area contributed by atoms with Crippen molar-refractivity contribution in [3.8, 4) is 0 Å². The van der Waals surface area contributed by atoms with E-state index >= 15 is 0 Å². The largest absolute Gasteiger partial charge is 0.381 e. The maximum absolute atomic E-state index is 6.11. The fourth-order valence-corrected chi connectivity index (χ4v) is 3.21. The average molecular weight is 314 g/mol. The lowest BCUT2D eigenvalue weighted by Gasteiger charge is -2.12. The Labute approximate surface area is 133 Å². The van der Waals surface area contributed by atoms with E-state index in [-0.39, 0.29) is 0 Å². The molecule has 1 atom stereocenters. The molecule has 2 aromatic heterocycles. The topological polar surface area (TPSA) is 39.9 Å². The molecule has 1 unspecified atom stereocenters. The lowest BCUT2D eigenvalue weighted by atomic mass is 10.1. The summed E-state index contributed by atoms with van der Waals surface area (Å²) in [6.45, 7) is 2.26. The number of benzene rings is 1. The van der Waals surface area contributed by atoms with Crippen LogP contribution in [-0.2, 0) is 11.3 Å². The summed E-state index contributed by atoms with van der Waals surface area (Å²) < 4.78 is 7.73. The van der Waals surface area contributed by atoms with Crippen LogP contribution in [0.25, 0.3) is 11.2 Å². The van der Waals surface area contributed by atoms with Crippen LogP contribution in [0.4, 0.5) is 0 Å². The Morgan fingerprint density at radius 3 is 3.05 bits per heavy atom. The summed E-state index contributed by atoms with van der Waals surface area (Å²) in [5, 5.41) is 0.751. The van der Waals surface area contributed by atoms with Crippen molar-refractivity contribution >= 4 is 22.8 Å². The summed E-state index contributed by atoms with van der Waals surface area (Å²) in [6, 6.07) is 11.9. The average Bonchev–Trinajstić information content (AvgIpc) is 3.15. The molecule has 3 heterocycles. The van der Waals surface area contributed by atoms with Crippen LogP contribution in [0, 0.1) is 0 Å². The van der Waals surface area contributed by atoms with Crippen LogP contribution < -0.4 is 0 Å². The number of fused-ring (bicyclic) bond motifs is 1. The number of ether oxygens (including phenoxy) is 1. The predicted octanol–water partition coefficient (Wildman–Crippen LogP) is 3.64. The van der Waals surface area contributed by atoms with Gasteiger partial charge in [-0.25, -0.2) is 9.97 Å². The molecule has 22 heavy (non-hydrogen) atoms. The maximum atomic E-state index is 6.11. The fourth-order valence-electron chi connectivity index (χ4n) is 3.00. The molecule has 0 bridgehead atoms. The molecule has 112 valence electrons. The Kier molecular flexibility index (Phi) is 3.56. The number of hydrogen-bond donors (Lipinski definition) is 0. The first kappa shape index (κ1) is 13.7. The zero-order valence-corrected chi connectivity index (χ0v) is 12.8. The van der Waals surface area contributed by atoms with Gasteiger partial charge in [0, 0.05) is 23.7 Å². The van der Waals surface area contributed by atoms with Crippen LogP contribution in [0.1, 0.15) is 23.7 Å². The van der Waals surface area contributed by atoms with E-state index in [2.05, 4.69) is 15.6 Å². The van der Waals surface area contributed by atoms with E-state index in [0.29, 0.717) is 5.92 Å². The Morgan fingerprint density at radius 1 is 1.27 bits per heavy atom. The molecule has 0 saturated carbocycles. The Hall–Kier alpha value is -1.91. The first-order valence-corrected chi connectivity index (χ1v) is 7.82. The second-order valence-corrected chi connectivity index (χ2v) is 6.03. The minimum atomic E-state index is 0.341. The van der Waals surface area contributed by atoms with Crippen LogP contribution in [0.5, 0.6) is 0 Å². The quantitative estimate of drug-likeness (QED) is 0.741. The van der Waals surface area contributed by atoms with Crippen molar-refractivity contribution in [1.82, 2.24) is 14.5 Å². The molecule has 3 aromatic rings. The van der Waals surface area contributed by atoms with Crippen molar-refractivity contribution in [1.29, 1.82) is 0 Å². The molecule has 5 heteroatoms. The number of hydrogen-bond acceptors (Lipinski definition) is 3. The van der Waals surface area contributed by atoms with Crippen molar-refractivity contribution in [3.05, 3.63) is 59.0 Å². The molecule has 1 aliphatic heterocycles. The third kappa shape index (κ3) is 2.49. The van der Waals surface area contributed by atoms with Gasteiger partial charge < -0.3 is 9.30 Å². The number of imidazole rings is 1. The van der Waals surface area contributed by atoms with Gasteiger partial charge in [0.15, 0.2) is 5.65 Å². The van der Waals surface area contributed by atoms with Gasteiger partial charge in [-0.05, 0) is 36.2 Å². The fraction of sp³-hybridized carbons (Fsp3) is 0.294. The molecule has 4 rings (SSSR count). The van der Waals surface area contributed by atoms with Crippen LogP contribution in [0.3, 0.4) is 0 Å². The summed E-state index contributed by atoms with van der Waals surface area (Å²) in [5.41, 5.74) is 3.01. The monoisotopic (exact) mass is 313 g/mol. The summed E-state index contributed by atoms with van der Waals surface area (Å²) in [6.07, 6.45) is 2.83. The molecular formula is C17H16ClN3O. The third-order valence-electron chi connectivity index (χ3n) is 4.06. The number of aromatic nitrogens is 3. The molecule has 0 aliphatic carbocycles. The molecule has 1 aliphatic rings. The van der Waals surface area contributed by atoms with Gasteiger partial charge in [0.2, 0.25) is 0 Å². The van der Waals surface area contributed by atoms with Crippen molar-refractivity contribution in [2.75, 3.05) is 13.2 Å². The first-order valence-electron chi connectivity index (χ1n) is 7.44. The van der Waals surface area contributed by atoms with Gasteiger partial charge in [-0.2, -0.15) is 0 Å². The van der Waals surface area contributed by atoms with Gasteiger partial charge in [-0.15, -0.1) is 0 Å². The molecule has 1 saturated heterocycles. The third-order valence-corrected chi connectivity index (χ3v) is 4.29. The highest BCUT2D eigenvalue weighted by Gasteiger charge is 2.24. The van der Waals surface area contributed by atoms with Gasteiger partial charge in [-0.1, -0.05) is 23.7 Å². The molecule has 0 amide bonds. The van der Waals surface area contributed by atoms with E-state index in [1.807, 2.05) is 36.5 Å². The highest BCUT2D eigenvalue weighted by atomic mass is 35.5. The lowest BCUT2D eigenvalue weighted by molar-refractivity contribution is 0.193. The van der Waals surface area contributed by atoms with Crippen molar-refractivity contribution < 1.29 is 4.74 Å². The van der Waals surface area contributed by atoms with E-state index in [9.17, 15) is 0 Å². The minimum Gasteiger partial charge on any atom is -0.381 e. The van der Waals surface area contributed by atoms with E-state index in [4.69, 9.17) is 21.3 Å². The molecule has 4 nitrogen and oxygen atoms in total. The Bertz CT molecular complexity index is 809. The second kappa shape index (κ2) is 5.71. The molecule has 1 fully saturated rings. The lowest BCUT2D eigenvalue weighted by Crippen LogP contribution is -2.10. The molecule has 0 N–H and O–H groups in total. The molecule has 0 spiro atoms. The van der Waals surface area contributed by atoms with Crippen LogP contribution in [0.2, 0.25) is 5.02 Å². The number of nitrogens with zero attached hydrogens (tertiary/aromatic N) is 3. The zero-order valence-electron chi connectivity index (χ0n) is 12.1. The highest BCUT2D eigenvalue weighted by molar-refractivity contribution is 6.30. The highest BCUT2D eigenvalue weighted by Crippen LogP contribution is 2.28. The van der Waals surface area contributed by atoms with E-state index < -0.39 is 0 Å². The summed E-state index contributed by atoms with van der Waals surface area (Å²) in [7, 11) is 0. The smallest absolute Gasteiger partial charge is 0.160 e. The number of pyridine rings is 1. The molecular weight excluding hydrogens is 298 g/mol. The van der Waals surface area contributed by atoms with Gasteiger partial charge >= 0.3 is 0 Å². The zero-order chi connectivity index (χ0) is 14.9. The van der Waals surface area contributed by atoms with Gasteiger partial charge in [0.1, 0.15) is 11.3 Å². The van der Waals surface area contributed by atoms with E-state index in [1.165, 1.54) is 0 Å². The number of rotatable bonds is 3. The molecule has 0 radical (unpaired) electrons. The normalized spacial score (nSPS) is 18.1. The SMILES string of the molecule is Clc1cccc(Cn2c(C3CCOC3)nc3cccnc32)c1. The predicted molar refractivity (Wildman–Crippen MR) is 86.3 cm³/mol. The number of halogens is 1.